The van der Waals surface area contributed by atoms with E-state index in [0.29, 0.717) is 0 Å². The van der Waals surface area contributed by atoms with Crippen LogP contribution in [-0.2, 0) is 14.3 Å². The van der Waals surface area contributed by atoms with Crippen LogP contribution in [0.15, 0.2) is 72.8 Å². The lowest BCUT2D eigenvalue weighted by Crippen LogP contribution is -2.37. The molecular formula is C28H24O8. The minimum absolute atomic E-state index is 0.0657. The largest absolute Gasteiger partial charge is 0.507 e. The predicted octanol–water partition coefficient (Wildman–Crippen LogP) is 3.66. The molecule has 0 bridgehead atoms. The second-order valence-electron chi connectivity index (χ2n) is 9.20. The van der Waals surface area contributed by atoms with Gasteiger partial charge in [0.15, 0.2) is 18.0 Å². The van der Waals surface area contributed by atoms with Crippen LogP contribution in [0.2, 0.25) is 0 Å². The second-order valence-corrected chi connectivity index (χ2v) is 9.20. The standard InChI is InChI=1S/C28H24O8/c29-18-11-17(12-21-24(18)19(30)13-20(34-21)15-7-3-1-4-8-15)33-26(16-9-5-2-6-10-16)28-25(32)27-22(35-28)14-23(31)36-27/h1-12,20,22,25-29,32H,13-14H2. The lowest BCUT2D eigenvalue weighted by molar-refractivity contribution is -0.146. The van der Waals surface area contributed by atoms with E-state index in [1.54, 1.807) is 6.07 Å². The number of benzene rings is 3. The van der Waals surface area contributed by atoms with E-state index in [9.17, 15) is 19.8 Å². The summed E-state index contributed by atoms with van der Waals surface area (Å²) in [5, 5.41) is 21.6. The van der Waals surface area contributed by atoms with Gasteiger partial charge in [-0.3, -0.25) is 9.59 Å². The van der Waals surface area contributed by atoms with Gasteiger partial charge in [0.2, 0.25) is 0 Å². The van der Waals surface area contributed by atoms with Crippen LogP contribution in [0.25, 0.3) is 0 Å². The van der Waals surface area contributed by atoms with Crippen LogP contribution in [0, 0.1) is 0 Å². The first kappa shape index (κ1) is 22.6. The van der Waals surface area contributed by atoms with Crippen molar-refractivity contribution in [3.63, 3.8) is 0 Å². The number of Topliss-reactive ketones (excluding diaryl/α,β-unsaturated/α-hetero) is 1. The van der Waals surface area contributed by atoms with Gasteiger partial charge in [0, 0.05) is 12.1 Å². The maximum atomic E-state index is 12.9. The van der Waals surface area contributed by atoms with Crippen molar-refractivity contribution in [2.75, 3.05) is 0 Å². The highest BCUT2D eigenvalue weighted by molar-refractivity contribution is 6.02. The minimum Gasteiger partial charge on any atom is -0.507 e. The molecule has 0 aliphatic carbocycles. The van der Waals surface area contributed by atoms with E-state index >= 15 is 0 Å². The first-order valence-corrected chi connectivity index (χ1v) is 11.8. The van der Waals surface area contributed by atoms with E-state index in [4.69, 9.17) is 18.9 Å². The molecule has 184 valence electrons. The highest BCUT2D eigenvalue weighted by Gasteiger charge is 2.54. The van der Waals surface area contributed by atoms with E-state index in [-0.39, 0.29) is 41.4 Å². The molecule has 3 aliphatic rings. The Kier molecular flexibility index (Phi) is 5.62. The number of esters is 1. The summed E-state index contributed by atoms with van der Waals surface area (Å²) < 4.78 is 23.7. The van der Waals surface area contributed by atoms with Crippen molar-refractivity contribution in [1.82, 2.24) is 0 Å². The van der Waals surface area contributed by atoms with Crippen molar-refractivity contribution in [2.24, 2.45) is 0 Å². The summed E-state index contributed by atoms with van der Waals surface area (Å²) >= 11 is 0. The molecule has 8 nitrogen and oxygen atoms in total. The molecule has 2 saturated heterocycles. The third-order valence-corrected chi connectivity index (χ3v) is 6.84. The number of fused-ring (bicyclic) bond motifs is 2. The molecule has 2 N–H and O–H groups in total. The van der Waals surface area contributed by atoms with Gasteiger partial charge in [0.25, 0.3) is 0 Å². The molecule has 6 atom stereocenters. The van der Waals surface area contributed by atoms with Gasteiger partial charge in [-0.2, -0.15) is 0 Å². The monoisotopic (exact) mass is 488 g/mol. The zero-order valence-electron chi connectivity index (χ0n) is 19.2. The molecule has 6 unspecified atom stereocenters. The van der Waals surface area contributed by atoms with Crippen molar-refractivity contribution in [3.8, 4) is 17.2 Å². The van der Waals surface area contributed by atoms with Crippen molar-refractivity contribution in [2.45, 2.75) is 49.5 Å². The number of carbonyl (C=O) groups excluding carboxylic acids is 2. The van der Waals surface area contributed by atoms with Crippen molar-refractivity contribution >= 4 is 11.8 Å². The molecule has 3 heterocycles. The zero-order valence-corrected chi connectivity index (χ0v) is 19.2. The number of ether oxygens (including phenoxy) is 4. The number of hydrogen-bond acceptors (Lipinski definition) is 8. The number of aliphatic hydroxyl groups is 1. The van der Waals surface area contributed by atoms with Crippen molar-refractivity contribution in [1.29, 1.82) is 0 Å². The number of phenolic OH excluding ortho intramolecular Hbond substituents is 1. The number of hydrogen-bond donors (Lipinski definition) is 2. The highest BCUT2D eigenvalue weighted by atomic mass is 16.6. The fourth-order valence-electron chi connectivity index (χ4n) is 5.14. The van der Waals surface area contributed by atoms with E-state index in [2.05, 4.69) is 0 Å². The Hall–Kier alpha value is -3.88. The molecule has 8 heteroatoms. The van der Waals surface area contributed by atoms with Crippen molar-refractivity contribution in [3.05, 3.63) is 89.5 Å². The second kappa shape index (κ2) is 8.96. The Morgan fingerprint density at radius 1 is 0.917 bits per heavy atom. The van der Waals surface area contributed by atoms with E-state index in [1.807, 2.05) is 60.7 Å². The fourth-order valence-corrected chi connectivity index (χ4v) is 5.14. The van der Waals surface area contributed by atoms with Gasteiger partial charge in [-0.15, -0.1) is 0 Å². The van der Waals surface area contributed by atoms with Gasteiger partial charge in [0.05, 0.1) is 12.8 Å². The Morgan fingerprint density at radius 2 is 1.64 bits per heavy atom. The Balaban J connectivity index is 1.32. The summed E-state index contributed by atoms with van der Waals surface area (Å²) in [6.45, 7) is 0. The average Bonchev–Trinajstić information content (AvgIpc) is 3.39. The molecular weight excluding hydrogens is 464 g/mol. The lowest BCUT2D eigenvalue weighted by atomic mass is 9.95. The molecule has 0 saturated carbocycles. The Labute approximate surface area is 207 Å². The van der Waals surface area contributed by atoms with Gasteiger partial charge in [0.1, 0.15) is 47.2 Å². The number of aromatic hydroxyl groups is 1. The number of rotatable bonds is 5. The van der Waals surface area contributed by atoms with Gasteiger partial charge in [-0.1, -0.05) is 60.7 Å². The van der Waals surface area contributed by atoms with Crippen LogP contribution < -0.4 is 9.47 Å². The normalized spacial score (nSPS) is 27.5. The van der Waals surface area contributed by atoms with Crippen molar-refractivity contribution < 1.29 is 38.7 Å². The first-order valence-electron chi connectivity index (χ1n) is 11.8. The topological polar surface area (TPSA) is 112 Å². The molecule has 0 aromatic heterocycles. The molecule has 3 aromatic rings. The molecule has 2 fully saturated rings. The summed E-state index contributed by atoms with van der Waals surface area (Å²) in [4.78, 5) is 24.5. The van der Waals surface area contributed by atoms with Gasteiger partial charge in [-0.25, -0.2) is 0 Å². The highest BCUT2D eigenvalue weighted by Crippen LogP contribution is 2.44. The molecule has 0 amide bonds. The Bertz CT molecular complexity index is 1290. The van der Waals surface area contributed by atoms with Gasteiger partial charge < -0.3 is 29.2 Å². The van der Waals surface area contributed by atoms with E-state index in [1.165, 1.54) is 6.07 Å². The van der Waals surface area contributed by atoms with Crippen LogP contribution >= 0.6 is 0 Å². The maximum absolute atomic E-state index is 12.9. The van der Waals surface area contributed by atoms with Crippen LogP contribution in [-0.4, -0.2) is 46.4 Å². The minimum atomic E-state index is -1.10. The Morgan fingerprint density at radius 3 is 2.36 bits per heavy atom. The quantitative estimate of drug-likeness (QED) is 0.524. The van der Waals surface area contributed by atoms with Crippen LogP contribution in [0.4, 0.5) is 0 Å². The molecule has 0 radical (unpaired) electrons. The van der Waals surface area contributed by atoms with Gasteiger partial charge >= 0.3 is 5.97 Å². The summed E-state index contributed by atoms with van der Waals surface area (Å²) in [5.41, 5.74) is 1.70. The SMILES string of the molecule is O=C1CC2OC(C(Oc3cc(O)c4c(c3)OC(c3ccccc3)CC4=O)c3ccccc3)C(O)C2O1. The predicted molar refractivity (Wildman–Crippen MR) is 126 cm³/mol. The smallest absolute Gasteiger partial charge is 0.309 e. The number of carbonyl (C=O) groups is 2. The number of phenols is 1. The number of aliphatic hydroxyl groups excluding tert-OH is 1. The van der Waals surface area contributed by atoms with Crippen LogP contribution in [0.5, 0.6) is 17.2 Å². The lowest BCUT2D eigenvalue weighted by Gasteiger charge is -2.29. The summed E-state index contributed by atoms with van der Waals surface area (Å²) in [5.74, 6) is -0.413. The molecule has 3 aromatic carbocycles. The van der Waals surface area contributed by atoms with E-state index < -0.39 is 42.6 Å². The molecule has 6 rings (SSSR count). The average molecular weight is 488 g/mol. The van der Waals surface area contributed by atoms with Gasteiger partial charge in [-0.05, 0) is 11.1 Å². The third-order valence-electron chi connectivity index (χ3n) is 6.84. The van der Waals surface area contributed by atoms with Crippen LogP contribution in [0.1, 0.15) is 46.5 Å². The summed E-state index contributed by atoms with van der Waals surface area (Å²) in [6, 6.07) is 21.5. The summed E-state index contributed by atoms with van der Waals surface area (Å²) in [6.07, 6.45) is -4.34. The molecule has 36 heavy (non-hydrogen) atoms. The van der Waals surface area contributed by atoms with Crippen LogP contribution in [0.3, 0.4) is 0 Å². The first-order chi connectivity index (χ1) is 17.5. The summed E-state index contributed by atoms with van der Waals surface area (Å²) in [7, 11) is 0. The molecule has 3 aliphatic heterocycles. The third kappa shape index (κ3) is 3.98. The number of ketones is 1. The van der Waals surface area contributed by atoms with E-state index in [0.717, 1.165) is 11.1 Å². The zero-order chi connectivity index (χ0) is 24.8. The fraction of sp³-hybridized carbons (Fsp3) is 0.286. The maximum Gasteiger partial charge on any atom is 0.309 e. The molecule has 0 spiro atoms.